The van der Waals surface area contributed by atoms with E-state index in [1.54, 1.807) is 0 Å². The highest BCUT2D eigenvalue weighted by Crippen LogP contribution is 2.48. The average molecular weight is 353 g/mol. The van der Waals surface area contributed by atoms with E-state index in [9.17, 15) is 0 Å². The number of benzene rings is 3. The second-order valence-electron chi connectivity index (χ2n) is 6.87. The fourth-order valence-electron chi connectivity index (χ4n) is 3.76. The van der Waals surface area contributed by atoms with Gasteiger partial charge in [0.1, 0.15) is 4.83 Å². The molecule has 5 aromatic rings. The van der Waals surface area contributed by atoms with Crippen LogP contribution in [0, 0.1) is 13.8 Å². The van der Waals surface area contributed by atoms with Gasteiger partial charge in [-0.2, -0.15) is 0 Å². The molecule has 1 nitrogen and oxygen atoms in total. The first kappa shape index (κ1) is 15.4. The predicted molar refractivity (Wildman–Crippen MR) is 114 cm³/mol. The Hall–Kier alpha value is -2.84. The van der Waals surface area contributed by atoms with Crippen molar-refractivity contribution in [1.29, 1.82) is 0 Å². The Bertz CT molecular complexity index is 1240. The summed E-state index contributed by atoms with van der Waals surface area (Å²) in [5.41, 5.74) is 7.78. The van der Waals surface area contributed by atoms with Gasteiger partial charge in [0, 0.05) is 26.7 Å². The highest BCUT2D eigenvalue weighted by molar-refractivity contribution is 7.23. The van der Waals surface area contributed by atoms with Gasteiger partial charge in [-0.1, -0.05) is 72.3 Å². The quantitative estimate of drug-likeness (QED) is 0.342. The zero-order valence-electron chi connectivity index (χ0n) is 14.8. The summed E-state index contributed by atoms with van der Waals surface area (Å²) in [5.74, 6) is 0. The van der Waals surface area contributed by atoms with Crippen LogP contribution in [0.2, 0.25) is 0 Å². The maximum Gasteiger partial charge on any atom is 0.102 e. The molecule has 0 amide bonds. The molecule has 0 aliphatic rings. The van der Waals surface area contributed by atoms with Gasteiger partial charge in [0.2, 0.25) is 0 Å². The molecule has 0 fully saturated rings. The van der Waals surface area contributed by atoms with Crippen LogP contribution in [-0.4, -0.2) is 4.98 Å². The SMILES string of the molecule is Cc1ccc(C)c(-c2sc3[nH]c4ccccc4c3c2-c2ccccc2)c1. The van der Waals surface area contributed by atoms with Gasteiger partial charge in [0.25, 0.3) is 0 Å². The molecule has 5 rings (SSSR count). The lowest BCUT2D eigenvalue weighted by Crippen LogP contribution is -1.85. The van der Waals surface area contributed by atoms with Crippen LogP contribution in [0.3, 0.4) is 0 Å². The minimum Gasteiger partial charge on any atom is -0.346 e. The molecule has 0 aliphatic carbocycles. The second-order valence-corrected chi connectivity index (χ2v) is 7.89. The molecule has 0 spiro atoms. The smallest absolute Gasteiger partial charge is 0.102 e. The average Bonchev–Trinajstić information content (AvgIpc) is 3.20. The van der Waals surface area contributed by atoms with Crippen molar-refractivity contribution in [3.05, 3.63) is 83.9 Å². The first-order valence-electron chi connectivity index (χ1n) is 8.88. The van der Waals surface area contributed by atoms with Crippen molar-refractivity contribution in [2.24, 2.45) is 0 Å². The van der Waals surface area contributed by atoms with E-state index in [-0.39, 0.29) is 0 Å². The summed E-state index contributed by atoms with van der Waals surface area (Å²) < 4.78 is 0. The van der Waals surface area contributed by atoms with Crippen LogP contribution in [0.15, 0.2) is 72.8 Å². The molecule has 2 heteroatoms. The number of thiophene rings is 1. The normalized spacial score (nSPS) is 11.5. The van der Waals surface area contributed by atoms with E-state index >= 15 is 0 Å². The molecule has 0 atom stereocenters. The number of hydrogen-bond acceptors (Lipinski definition) is 1. The number of rotatable bonds is 2. The molecular formula is C24H19NS. The lowest BCUT2D eigenvalue weighted by molar-refractivity contribution is 1.40. The third-order valence-corrected chi connectivity index (χ3v) is 6.19. The maximum absolute atomic E-state index is 3.63. The van der Waals surface area contributed by atoms with Crippen LogP contribution in [0.25, 0.3) is 42.7 Å². The van der Waals surface area contributed by atoms with E-state index in [2.05, 4.69) is 91.6 Å². The minimum absolute atomic E-state index is 1.21. The van der Waals surface area contributed by atoms with E-state index in [1.807, 2.05) is 11.3 Å². The van der Waals surface area contributed by atoms with Crippen LogP contribution < -0.4 is 0 Å². The van der Waals surface area contributed by atoms with Crippen LogP contribution in [0.4, 0.5) is 0 Å². The van der Waals surface area contributed by atoms with Crippen molar-refractivity contribution >= 4 is 32.5 Å². The van der Waals surface area contributed by atoms with E-state index in [0.29, 0.717) is 0 Å². The summed E-state index contributed by atoms with van der Waals surface area (Å²) in [5, 5.41) is 2.64. The Morgan fingerprint density at radius 1 is 0.808 bits per heavy atom. The van der Waals surface area contributed by atoms with Gasteiger partial charge in [-0.05, 0) is 36.6 Å². The number of aryl methyl sites for hydroxylation is 2. The zero-order valence-corrected chi connectivity index (χ0v) is 15.7. The van der Waals surface area contributed by atoms with Gasteiger partial charge in [-0.3, -0.25) is 0 Å². The van der Waals surface area contributed by atoms with E-state index in [0.717, 1.165) is 0 Å². The van der Waals surface area contributed by atoms with Gasteiger partial charge in [0.05, 0.1) is 0 Å². The number of aromatic nitrogens is 1. The maximum atomic E-state index is 3.63. The van der Waals surface area contributed by atoms with Crippen molar-refractivity contribution in [3.63, 3.8) is 0 Å². The first-order valence-corrected chi connectivity index (χ1v) is 9.70. The zero-order chi connectivity index (χ0) is 17.7. The summed E-state index contributed by atoms with van der Waals surface area (Å²) in [7, 11) is 0. The van der Waals surface area contributed by atoms with E-state index in [1.165, 1.54) is 53.8 Å². The van der Waals surface area contributed by atoms with Gasteiger partial charge < -0.3 is 4.98 Å². The molecule has 1 N–H and O–H groups in total. The van der Waals surface area contributed by atoms with Crippen LogP contribution in [0.1, 0.15) is 11.1 Å². The number of nitrogens with one attached hydrogen (secondary N) is 1. The monoisotopic (exact) mass is 353 g/mol. The summed E-state index contributed by atoms with van der Waals surface area (Å²) in [6.45, 7) is 4.37. The Morgan fingerprint density at radius 3 is 2.42 bits per heavy atom. The summed E-state index contributed by atoms with van der Waals surface area (Å²) in [4.78, 5) is 6.23. The first-order chi connectivity index (χ1) is 12.7. The van der Waals surface area contributed by atoms with E-state index in [4.69, 9.17) is 0 Å². The molecule has 0 saturated carbocycles. The summed E-state index contributed by atoms with van der Waals surface area (Å²) >= 11 is 1.86. The number of hydrogen-bond donors (Lipinski definition) is 1. The Balaban J connectivity index is 1.94. The second kappa shape index (κ2) is 5.86. The molecule has 126 valence electrons. The Kier molecular flexibility index (Phi) is 3.47. The predicted octanol–water partition coefficient (Wildman–Crippen LogP) is 7.33. The largest absolute Gasteiger partial charge is 0.346 e. The summed E-state index contributed by atoms with van der Waals surface area (Å²) in [6.07, 6.45) is 0. The molecular weight excluding hydrogens is 334 g/mol. The fourth-order valence-corrected chi connectivity index (χ4v) is 5.09. The molecule has 2 aromatic heterocycles. The Morgan fingerprint density at radius 2 is 1.58 bits per heavy atom. The molecule has 0 radical (unpaired) electrons. The summed E-state index contributed by atoms with van der Waals surface area (Å²) in [6, 6.07) is 26.1. The Labute approximate surface area is 156 Å². The number of fused-ring (bicyclic) bond motifs is 3. The van der Waals surface area contributed by atoms with Crippen molar-refractivity contribution in [3.8, 4) is 21.6 Å². The molecule has 0 aliphatic heterocycles. The van der Waals surface area contributed by atoms with Crippen molar-refractivity contribution < 1.29 is 0 Å². The van der Waals surface area contributed by atoms with Gasteiger partial charge in [-0.15, -0.1) is 11.3 Å². The highest BCUT2D eigenvalue weighted by Gasteiger charge is 2.20. The highest BCUT2D eigenvalue weighted by atomic mass is 32.1. The van der Waals surface area contributed by atoms with Crippen molar-refractivity contribution in [2.45, 2.75) is 13.8 Å². The van der Waals surface area contributed by atoms with Gasteiger partial charge in [-0.25, -0.2) is 0 Å². The lowest BCUT2D eigenvalue weighted by atomic mass is 9.96. The number of aromatic amines is 1. The van der Waals surface area contributed by atoms with Crippen molar-refractivity contribution in [1.82, 2.24) is 4.98 Å². The molecule has 3 aromatic carbocycles. The third kappa shape index (κ3) is 2.30. The standard InChI is InChI=1S/C24H19NS/c1-15-12-13-16(2)19(14-15)23-21(17-8-4-3-5-9-17)22-18-10-6-7-11-20(18)25-24(22)26-23/h3-14,25H,1-2H3. The van der Waals surface area contributed by atoms with Crippen LogP contribution in [-0.2, 0) is 0 Å². The van der Waals surface area contributed by atoms with Crippen LogP contribution >= 0.6 is 11.3 Å². The third-order valence-electron chi connectivity index (χ3n) is 5.05. The number of para-hydroxylation sites is 1. The van der Waals surface area contributed by atoms with Gasteiger partial charge in [0.15, 0.2) is 0 Å². The fraction of sp³-hybridized carbons (Fsp3) is 0.0833. The molecule has 0 unspecified atom stereocenters. The molecule has 2 heterocycles. The molecule has 0 saturated heterocycles. The molecule has 26 heavy (non-hydrogen) atoms. The topological polar surface area (TPSA) is 15.8 Å². The number of H-pyrrole nitrogens is 1. The molecule has 0 bridgehead atoms. The lowest BCUT2D eigenvalue weighted by Gasteiger charge is -2.09. The van der Waals surface area contributed by atoms with Crippen LogP contribution in [0.5, 0.6) is 0 Å². The van der Waals surface area contributed by atoms with Crippen molar-refractivity contribution in [2.75, 3.05) is 0 Å². The minimum atomic E-state index is 1.21. The van der Waals surface area contributed by atoms with E-state index < -0.39 is 0 Å². The van der Waals surface area contributed by atoms with Gasteiger partial charge >= 0.3 is 0 Å².